The molecule has 1 aromatic rings. The van der Waals surface area contributed by atoms with Gasteiger partial charge in [-0.15, -0.1) is 0 Å². The maximum absolute atomic E-state index is 6.56. The average Bonchev–Trinajstić information content (AvgIpc) is 2.77. The number of nitrogens with zero attached hydrogens (tertiary/aromatic N) is 1. The zero-order valence-electron chi connectivity index (χ0n) is 19.0. The highest BCUT2D eigenvalue weighted by Crippen LogP contribution is 2.34. The zero-order valence-corrected chi connectivity index (χ0v) is 19.8. The van der Waals surface area contributed by atoms with E-state index >= 15 is 0 Å². The summed E-state index contributed by atoms with van der Waals surface area (Å²) >= 11 is 1.94. The molecule has 4 aliphatic rings. The van der Waals surface area contributed by atoms with Gasteiger partial charge in [0.05, 0.1) is 6.61 Å². The maximum atomic E-state index is 6.56. The SMILES string of the molecule is Cc1cccc(C)c1C1CC2NC(NSC3CCCC(C3)CN3CCNC[C@@H]3CO2)N1. The van der Waals surface area contributed by atoms with Crippen molar-refractivity contribution in [2.24, 2.45) is 5.92 Å². The van der Waals surface area contributed by atoms with Crippen LogP contribution in [0.25, 0.3) is 0 Å². The molecule has 1 saturated carbocycles. The van der Waals surface area contributed by atoms with Crippen LogP contribution in [-0.2, 0) is 4.74 Å². The summed E-state index contributed by atoms with van der Waals surface area (Å²) in [6, 6.07) is 7.39. The quantitative estimate of drug-likeness (QED) is 0.496. The Morgan fingerprint density at radius 3 is 2.84 bits per heavy atom. The van der Waals surface area contributed by atoms with Gasteiger partial charge in [0.2, 0.25) is 0 Å². The predicted molar refractivity (Wildman–Crippen MR) is 128 cm³/mol. The number of nitrogens with one attached hydrogen (secondary N) is 4. The monoisotopic (exact) mass is 445 g/mol. The van der Waals surface area contributed by atoms with E-state index in [0.717, 1.165) is 38.6 Å². The van der Waals surface area contributed by atoms with Crippen molar-refractivity contribution in [3.8, 4) is 0 Å². The molecule has 0 spiro atoms. The maximum Gasteiger partial charge on any atom is 0.123 e. The molecule has 6 atom stereocenters. The van der Waals surface area contributed by atoms with Crippen molar-refractivity contribution in [1.29, 1.82) is 0 Å². The Morgan fingerprint density at radius 2 is 1.97 bits per heavy atom. The highest BCUT2D eigenvalue weighted by molar-refractivity contribution is 7.98. The van der Waals surface area contributed by atoms with Crippen LogP contribution in [-0.4, -0.2) is 61.5 Å². The molecule has 4 N–H and O–H groups in total. The molecule has 6 nitrogen and oxygen atoms in total. The number of hydrogen-bond donors (Lipinski definition) is 4. The third-order valence-electron chi connectivity index (χ3n) is 7.60. The highest BCUT2D eigenvalue weighted by Gasteiger charge is 2.34. The van der Waals surface area contributed by atoms with E-state index in [9.17, 15) is 0 Å². The molecule has 7 heteroatoms. The molecule has 1 aromatic carbocycles. The molecule has 3 heterocycles. The van der Waals surface area contributed by atoms with E-state index in [0.29, 0.717) is 11.3 Å². The molecular weight excluding hydrogens is 406 g/mol. The molecule has 0 amide bonds. The van der Waals surface area contributed by atoms with Crippen molar-refractivity contribution in [2.75, 3.05) is 32.8 Å². The Labute approximate surface area is 191 Å². The van der Waals surface area contributed by atoms with Crippen molar-refractivity contribution < 1.29 is 4.74 Å². The van der Waals surface area contributed by atoms with Crippen LogP contribution in [0.3, 0.4) is 0 Å². The van der Waals surface area contributed by atoms with Crippen LogP contribution in [0, 0.1) is 19.8 Å². The minimum atomic E-state index is 0.0484. The van der Waals surface area contributed by atoms with E-state index in [2.05, 4.69) is 57.6 Å². The van der Waals surface area contributed by atoms with Gasteiger partial charge in [-0.05, 0) is 55.7 Å². The van der Waals surface area contributed by atoms with E-state index in [1.54, 1.807) is 0 Å². The van der Waals surface area contributed by atoms with Crippen molar-refractivity contribution in [2.45, 2.75) is 75.8 Å². The summed E-state index contributed by atoms with van der Waals surface area (Å²) in [5.41, 5.74) is 4.15. The third kappa shape index (κ3) is 5.29. The topological polar surface area (TPSA) is 60.6 Å². The van der Waals surface area contributed by atoms with Crippen LogP contribution in [0.4, 0.5) is 0 Å². The van der Waals surface area contributed by atoms with Crippen LogP contribution >= 0.6 is 11.9 Å². The van der Waals surface area contributed by atoms with Crippen molar-refractivity contribution in [1.82, 2.24) is 25.6 Å². The highest BCUT2D eigenvalue weighted by atomic mass is 32.2. The second kappa shape index (κ2) is 10.1. The lowest BCUT2D eigenvalue weighted by atomic mass is 9.88. The predicted octanol–water partition coefficient (Wildman–Crippen LogP) is 2.64. The number of piperazine rings is 1. The van der Waals surface area contributed by atoms with E-state index in [-0.39, 0.29) is 18.6 Å². The Balaban J connectivity index is 1.37. The van der Waals surface area contributed by atoms with E-state index in [4.69, 9.17) is 4.74 Å². The molecule has 1 aliphatic carbocycles. The zero-order chi connectivity index (χ0) is 21.2. The van der Waals surface area contributed by atoms with Crippen LogP contribution in [0.15, 0.2) is 18.2 Å². The van der Waals surface area contributed by atoms with Gasteiger partial charge >= 0.3 is 0 Å². The first-order valence-electron chi connectivity index (χ1n) is 12.2. The molecule has 0 radical (unpaired) electrons. The number of rotatable bonds is 1. The number of aryl methyl sites for hydroxylation is 2. The van der Waals surface area contributed by atoms with Crippen LogP contribution in [0.5, 0.6) is 0 Å². The minimum absolute atomic E-state index is 0.0484. The first-order chi connectivity index (χ1) is 15.2. The van der Waals surface area contributed by atoms with E-state index in [1.807, 2.05) is 11.9 Å². The van der Waals surface area contributed by atoms with Gasteiger partial charge in [0.15, 0.2) is 0 Å². The summed E-state index contributed by atoms with van der Waals surface area (Å²) < 4.78 is 10.3. The number of ether oxygens (including phenoxy) is 1. The molecule has 0 aromatic heterocycles. The van der Waals surface area contributed by atoms with Gasteiger partial charge < -0.3 is 10.1 Å². The van der Waals surface area contributed by atoms with E-state index in [1.165, 1.54) is 48.9 Å². The molecule has 3 aliphatic heterocycles. The van der Waals surface area contributed by atoms with Crippen LogP contribution in [0.2, 0.25) is 0 Å². The standard InChI is InChI=1S/C24H39N5OS/c1-16-5-3-6-17(2)23(16)21-12-22-27-24(26-21)28-31-20-8-4-7-18(11-20)14-29-10-9-25-13-19(29)15-30-22/h3,5-6,18-22,24-28H,4,7-15H2,1-2H3/t18?,19-,20?,21?,22?,24?/m1/s1. The van der Waals surface area contributed by atoms with E-state index < -0.39 is 0 Å². The molecule has 5 rings (SSSR count). The summed E-state index contributed by atoms with van der Waals surface area (Å²) in [6.45, 7) is 9.78. The number of hydrogen-bond acceptors (Lipinski definition) is 7. The molecule has 5 unspecified atom stereocenters. The van der Waals surface area contributed by atoms with Crippen molar-refractivity contribution in [3.05, 3.63) is 34.9 Å². The average molecular weight is 446 g/mol. The largest absolute Gasteiger partial charge is 0.362 e. The Bertz CT molecular complexity index is 728. The lowest BCUT2D eigenvalue weighted by Gasteiger charge is -2.41. The van der Waals surface area contributed by atoms with Gasteiger partial charge in [-0.3, -0.25) is 15.5 Å². The summed E-state index contributed by atoms with van der Waals surface area (Å²) in [7, 11) is 0. The van der Waals surface area contributed by atoms with Gasteiger partial charge in [-0.25, -0.2) is 4.72 Å². The Morgan fingerprint density at radius 1 is 1.10 bits per heavy atom. The van der Waals surface area contributed by atoms with Crippen LogP contribution < -0.4 is 20.7 Å². The molecule has 172 valence electrons. The third-order valence-corrected chi connectivity index (χ3v) is 8.74. The fourth-order valence-electron chi connectivity index (χ4n) is 5.99. The lowest BCUT2D eigenvalue weighted by Crippen LogP contribution is -2.61. The lowest BCUT2D eigenvalue weighted by molar-refractivity contribution is -0.0470. The molecule has 3 saturated heterocycles. The first kappa shape index (κ1) is 22.1. The second-order valence-corrected chi connectivity index (χ2v) is 11.1. The van der Waals surface area contributed by atoms with Crippen molar-refractivity contribution in [3.63, 3.8) is 0 Å². The van der Waals surface area contributed by atoms with Gasteiger partial charge in [-0.2, -0.15) is 0 Å². The van der Waals surface area contributed by atoms with Gasteiger partial charge in [0, 0.05) is 49.9 Å². The van der Waals surface area contributed by atoms with Crippen LogP contribution in [0.1, 0.15) is 54.8 Å². The van der Waals surface area contributed by atoms with Crippen molar-refractivity contribution >= 4 is 11.9 Å². The minimum Gasteiger partial charge on any atom is -0.362 e. The fraction of sp³-hybridized carbons (Fsp3) is 0.750. The van der Waals surface area contributed by atoms with Gasteiger partial charge in [0.1, 0.15) is 12.5 Å². The molecule has 31 heavy (non-hydrogen) atoms. The fourth-order valence-corrected chi connectivity index (χ4v) is 7.11. The molecular formula is C24H39N5OS. The molecule has 4 fully saturated rings. The Hall–Kier alpha value is -0.670. The first-order valence-corrected chi connectivity index (χ1v) is 13.1. The summed E-state index contributed by atoms with van der Waals surface area (Å²) in [6.07, 6.45) is 6.43. The normalized spacial score (nSPS) is 37.7. The summed E-state index contributed by atoms with van der Waals surface area (Å²) in [4.78, 5) is 2.71. The summed E-state index contributed by atoms with van der Waals surface area (Å²) in [5, 5.41) is 11.8. The number of fused-ring (bicyclic) bond motifs is 5. The second-order valence-electron chi connectivity index (χ2n) is 9.93. The smallest absolute Gasteiger partial charge is 0.123 e. The number of benzene rings is 1. The summed E-state index contributed by atoms with van der Waals surface area (Å²) in [5.74, 6) is 0.817. The van der Waals surface area contributed by atoms with Gasteiger partial charge in [-0.1, -0.05) is 36.6 Å². The Kier molecular flexibility index (Phi) is 7.20. The molecule has 4 bridgehead atoms. The van der Waals surface area contributed by atoms with Gasteiger partial charge in [0.25, 0.3) is 0 Å².